The van der Waals surface area contributed by atoms with Gasteiger partial charge in [-0.15, -0.1) is 0 Å². The van der Waals surface area contributed by atoms with Gasteiger partial charge < -0.3 is 10.1 Å². The Kier molecular flexibility index (Phi) is 6.48. The Labute approximate surface area is 187 Å². The number of benzene rings is 2. The summed E-state index contributed by atoms with van der Waals surface area (Å²) in [6.45, 7) is 4.52. The first-order valence-electron chi connectivity index (χ1n) is 10.6. The number of hydrogen-bond donors (Lipinski definition) is 1. The maximum absolute atomic E-state index is 14.8. The molecule has 0 saturated carbocycles. The van der Waals surface area contributed by atoms with Crippen molar-refractivity contribution in [2.24, 2.45) is 0 Å². The Morgan fingerprint density at radius 2 is 1.81 bits per heavy atom. The lowest BCUT2D eigenvalue weighted by atomic mass is 9.96. The summed E-state index contributed by atoms with van der Waals surface area (Å²) in [5, 5.41) is 12.3. The maximum Gasteiger partial charge on any atom is 0.145 e. The molecule has 0 bridgehead atoms. The number of fused-ring (bicyclic) bond motifs is 1. The number of pyridine rings is 1. The Bertz CT molecular complexity index is 1260. The molecule has 0 spiro atoms. The summed E-state index contributed by atoms with van der Waals surface area (Å²) in [5.41, 5.74) is 5.04. The van der Waals surface area contributed by atoms with E-state index in [0.717, 1.165) is 22.3 Å². The lowest BCUT2D eigenvalue weighted by molar-refractivity contribution is 0.418. The van der Waals surface area contributed by atoms with Gasteiger partial charge in [-0.1, -0.05) is 35.9 Å². The molecule has 1 N–H and O–H groups in total. The zero-order valence-corrected chi connectivity index (χ0v) is 18.2. The van der Waals surface area contributed by atoms with Crippen molar-refractivity contribution in [3.63, 3.8) is 0 Å². The number of aryl methyl sites for hydroxylation is 1. The van der Waals surface area contributed by atoms with Crippen LogP contribution >= 0.6 is 0 Å². The van der Waals surface area contributed by atoms with Gasteiger partial charge in [-0.25, -0.2) is 9.37 Å². The van der Waals surface area contributed by atoms with Crippen molar-refractivity contribution in [3.8, 4) is 34.2 Å². The average molecular weight is 429 g/mol. The predicted octanol–water partition coefficient (Wildman–Crippen LogP) is 5.37. The first kappa shape index (κ1) is 21.5. The van der Waals surface area contributed by atoms with Crippen LogP contribution in [0.4, 0.5) is 4.39 Å². The fourth-order valence-electron chi connectivity index (χ4n) is 3.86. The molecule has 6 heteroatoms. The van der Waals surface area contributed by atoms with E-state index in [-0.39, 0.29) is 5.56 Å². The van der Waals surface area contributed by atoms with Crippen LogP contribution in [0.15, 0.2) is 61.1 Å². The van der Waals surface area contributed by atoms with Crippen molar-refractivity contribution in [1.82, 2.24) is 14.7 Å². The van der Waals surface area contributed by atoms with E-state index in [4.69, 9.17) is 10.00 Å². The number of rotatable bonds is 3. The average Bonchev–Trinajstić information content (AvgIpc) is 3.54. The van der Waals surface area contributed by atoms with Gasteiger partial charge in [-0.2, -0.15) is 5.26 Å². The molecule has 1 fully saturated rings. The Balaban J connectivity index is 0.000000433. The maximum atomic E-state index is 14.8. The van der Waals surface area contributed by atoms with Gasteiger partial charge in [0.15, 0.2) is 0 Å². The van der Waals surface area contributed by atoms with Crippen LogP contribution < -0.4 is 10.1 Å². The van der Waals surface area contributed by atoms with Crippen LogP contribution in [0.3, 0.4) is 0 Å². The smallest absolute Gasteiger partial charge is 0.145 e. The van der Waals surface area contributed by atoms with Gasteiger partial charge >= 0.3 is 0 Å². The number of nitrogens with one attached hydrogen (secondary N) is 1. The molecule has 0 radical (unpaired) electrons. The number of imidazole rings is 1. The third-order valence-electron chi connectivity index (χ3n) is 5.55. The molecule has 1 saturated heterocycles. The number of ether oxygens (including phenoxy) is 1. The molecule has 0 amide bonds. The lowest BCUT2D eigenvalue weighted by Crippen LogP contribution is -2.03. The predicted molar refractivity (Wildman–Crippen MR) is 124 cm³/mol. The van der Waals surface area contributed by atoms with Crippen LogP contribution in [0.1, 0.15) is 24.0 Å². The highest BCUT2D eigenvalue weighted by atomic mass is 19.1. The molecular formula is C26H25FN4O. The molecule has 1 aliphatic rings. The zero-order valence-electron chi connectivity index (χ0n) is 18.2. The van der Waals surface area contributed by atoms with Crippen molar-refractivity contribution in [2.75, 3.05) is 20.2 Å². The second-order valence-corrected chi connectivity index (χ2v) is 7.75. The molecule has 4 aromatic rings. The van der Waals surface area contributed by atoms with E-state index in [1.165, 1.54) is 32.0 Å². The largest absolute Gasteiger partial charge is 0.494 e. The molecule has 5 rings (SSSR count). The van der Waals surface area contributed by atoms with Gasteiger partial charge in [0.25, 0.3) is 0 Å². The van der Waals surface area contributed by atoms with Crippen LogP contribution in [0, 0.1) is 24.1 Å². The highest BCUT2D eigenvalue weighted by molar-refractivity contribution is 5.86. The van der Waals surface area contributed by atoms with Gasteiger partial charge in [0.2, 0.25) is 0 Å². The molecular weight excluding hydrogens is 403 g/mol. The van der Waals surface area contributed by atoms with Crippen molar-refractivity contribution in [2.45, 2.75) is 19.8 Å². The highest BCUT2D eigenvalue weighted by Gasteiger charge is 2.18. The minimum Gasteiger partial charge on any atom is -0.494 e. The summed E-state index contributed by atoms with van der Waals surface area (Å²) in [5.74, 6) is 0.144. The van der Waals surface area contributed by atoms with E-state index in [9.17, 15) is 4.39 Å². The van der Waals surface area contributed by atoms with E-state index in [2.05, 4.69) is 10.3 Å². The van der Waals surface area contributed by atoms with E-state index >= 15 is 0 Å². The fourth-order valence-corrected chi connectivity index (χ4v) is 3.86. The number of hydrogen-bond acceptors (Lipinski definition) is 4. The first-order chi connectivity index (χ1) is 15.6. The Hall–Kier alpha value is -3.69. The monoisotopic (exact) mass is 428 g/mol. The quantitative estimate of drug-likeness (QED) is 0.477. The van der Waals surface area contributed by atoms with Crippen molar-refractivity contribution >= 4 is 5.52 Å². The minimum atomic E-state index is -0.455. The second kappa shape index (κ2) is 9.63. The van der Waals surface area contributed by atoms with Gasteiger partial charge in [-0.3, -0.25) is 4.40 Å². The number of methoxy groups -OCH3 is 1. The van der Waals surface area contributed by atoms with E-state index < -0.39 is 5.82 Å². The van der Waals surface area contributed by atoms with E-state index in [1.807, 2.05) is 47.7 Å². The van der Waals surface area contributed by atoms with Crippen molar-refractivity contribution in [3.05, 3.63) is 78.0 Å². The topological polar surface area (TPSA) is 62.3 Å². The molecule has 3 heterocycles. The number of halogens is 1. The SMILES string of the molecule is C1CCNC1.COc1cc(-c2ccc(C#N)cc2F)c(-c2ccc(C)cc2)n2cncc12. The number of nitrogens with zero attached hydrogens (tertiary/aromatic N) is 3. The normalized spacial score (nSPS) is 12.8. The van der Waals surface area contributed by atoms with Gasteiger partial charge in [-0.05, 0) is 56.6 Å². The van der Waals surface area contributed by atoms with Crippen molar-refractivity contribution < 1.29 is 9.13 Å². The second-order valence-electron chi connectivity index (χ2n) is 7.75. The van der Waals surface area contributed by atoms with Crippen LogP contribution in [-0.4, -0.2) is 29.6 Å². The van der Waals surface area contributed by atoms with E-state index in [0.29, 0.717) is 16.9 Å². The third kappa shape index (κ3) is 4.34. The van der Waals surface area contributed by atoms with Gasteiger partial charge in [0.1, 0.15) is 17.1 Å². The van der Waals surface area contributed by atoms with Gasteiger partial charge in [0.05, 0.1) is 37.0 Å². The number of aromatic nitrogens is 2. The Morgan fingerprint density at radius 1 is 1.06 bits per heavy atom. The first-order valence-corrected chi connectivity index (χ1v) is 10.6. The summed E-state index contributed by atoms with van der Waals surface area (Å²) in [4.78, 5) is 4.24. The van der Waals surface area contributed by atoms with Crippen LogP contribution in [0.25, 0.3) is 27.9 Å². The Morgan fingerprint density at radius 3 is 2.41 bits per heavy atom. The summed E-state index contributed by atoms with van der Waals surface area (Å²) >= 11 is 0. The van der Waals surface area contributed by atoms with Gasteiger partial charge in [0, 0.05) is 11.1 Å². The minimum absolute atomic E-state index is 0.281. The molecule has 0 unspecified atom stereocenters. The summed E-state index contributed by atoms with van der Waals surface area (Å²) in [6, 6.07) is 16.3. The highest BCUT2D eigenvalue weighted by Crippen LogP contribution is 2.38. The fraction of sp³-hybridized carbons (Fsp3) is 0.231. The number of nitriles is 1. The molecule has 0 aliphatic carbocycles. The summed E-state index contributed by atoms with van der Waals surface area (Å²) < 4.78 is 22.2. The molecule has 0 atom stereocenters. The van der Waals surface area contributed by atoms with Crippen LogP contribution in [0.2, 0.25) is 0 Å². The zero-order chi connectivity index (χ0) is 22.5. The molecule has 32 heavy (non-hydrogen) atoms. The van der Waals surface area contributed by atoms with E-state index in [1.54, 1.807) is 31.8 Å². The molecule has 162 valence electrons. The molecule has 5 nitrogen and oxygen atoms in total. The molecule has 1 aliphatic heterocycles. The summed E-state index contributed by atoms with van der Waals surface area (Å²) in [6.07, 6.45) is 6.19. The molecule has 2 aromatic heterocycles. The van der Waals surface area contributed by atoms with Crippen LogP contribution in [-0.2, 0) is 0 Å². The van der Waals surface area contributed by atoms with Crippen molar-refractivity contribution in [1.29, 1.82) is 5.26 Å². The molecule has 2 aromatic carbocycles. The summed E-state index contributed by atoms with van der Waals surface area (Å²) in [7, 11) is 1.58. The lowest BCUT2D eigenvalue weighted by Gasteiger charge is -2.16. The standard InChI is InChI=1S/C22H16FN3O.C4H9N/c1-14-3-6-16(7-4-14)22-18(17-8-5-15(11-24)9-19(17)23)10-21(27-2)20-12-25-13-26(20)22;1-2-4-5-3-1/h3-10,12-13H,1-2H3;5H,1-4H2. The third-order valence-corrected chi connectivity index (χ3v) is 5.55. The van der Waals surface area contributed by atoms with Crippen LogP contribution in [0.5, 0.6) is 5.75 Å².